The van der Waals surface area contributed by atoms with Crippen LogP contribution < -0.4 is 127 Å². The number of methoxy groups -OCH3 is 3. The number of nitrogens with one attached hydrogen (secondary N) is 4. The number of fused-ring (bicyclic) bond motifs is 3. The van der Waals surface area contributed by atoms with Crippen LogP contribution in [-0.2, 0) is 16.7 Å². The summed E-state index contributed by atoms with van der Waals surface area (Å²) >= 11 is 5.83. The molecule has 24 heteroatoms. The summed E-state index contributed by atoms with van der Waals surface area (Å²) in [4.78, 5) is 41.1. The first-order valence-corrected chi connectivity index (χ1v) is 16.6. The third kappa shape index (κ3) is 12.0. The topological polar surface area (TPSA) is 257 Å². The molecule has 0 atom stereocenters. The molecular formula is C34H37ClK2N15O6+. The van der Waals surface area contributed by atoms with Crippen molar-refractivity contribution in [3.05, 3.63) is 97.2 Å². The molecule has 58 heavy (non-hydrogen) atoms. The van der Waals surface area contributed by atoms with Crippen molar-refractivity contribution in [2.75, 3.05) is 21.3 Å². The van der Waals surface area contributed by atoms with E-state index in [-0.39, 0.29) is 111 Å². The summed E-state index contributed by atoms with van der Waals surface area (Å²) in [5.41, 5.74) is 2.61. The van der Waals surface area contributed by atoms with E-state index in [4.69, 9.17) is 35.9 Å². The minimum atomic E-state index is -0.181. The van der Waals surface area contributed by atoms with E-state index in [1.807, 2.05) is 63.9 Å². The Morgan fingerprint density at radius 3 is 1.72 bits per heavy atom. The third-order valence-electron chi connectivity index (χ3n) is 7.63. The molecule has 0 amide bonds. The molecule has 0 fully saturated rings. The van der Waals surface area contributed by atoms with Gasteiger partial charge in [-0.25, -0.2) is 24.9 Å². The maximum atomic E-state index is 8.64. The molecule has 0 unspecified atom stereocenters. The normalized spacial score (nSPS) is 9.86. The Kier molecular flexibility index (Phi) is 20.0. The van der Waals surface area contributed by atoms with Crippen LogP contribution in [0.1, 0.15) is 13.1 Å². The van der Waals surface area contributed by atoms with E-state index in [1.165, 1.54) is 12.7 Å². The first-order chi connectivity index (χ1) is 27.2. The van der Waals surface area contributed by atoms with Crippen LogP contribution >= 0.6 is 11.6 Å². The van der Waals surface area contributed by atoms with Crippen LogP contribution in [0.2, 0.25) is 5.15 Å². The van der Waals surface area contributed by atoms with Gasteiger partial charge in [-0.1, -0.05) is 16.3 Å². The van der Waals surface area contributed by atoms with Crippen molar-refractivity contribution in [1.29, 1.82) is 0 Å². The standard InChI is InChI=1S/C11H11N5O.C11H12N5O.C8H7ClN2O.C3H5N3.CH2O3.2K.H/c1-7-14-6-15-16(7)11-10-8(3-4-12-10)9(17-2)5-13-11;1-15-5-6-16(14-15)11-10-8(3-4-12-10)9(17-2)7-13-11;1-12-6-4-11-8(9)7-5(6)2-3-10-7;1-3-4-2-5-6-3;2-1-4-3;;;/h3-6,12H,1-2H3;3-7,12H,1-2H3;2-4,10H,1H3;2H,1H3,(H,4,5,6);1,3H;;;/q;+1;;;;2*+1;-1/p-1. The van der Waals surface area contributed by atoms with Gasteiger partial charge in [-0.15, -0.1) is 4.68 Å². The summed E-state index contributed by atoms with van der Waals surface area (Å²) in [5.74, 6) is 5.35. The Labute approximate surface area is 421 Å². The summed E-state index contributed by atoms with van der Waals surface area (Å²) in [5, 5.41) is 26.5. The first kappa shape index (κ1) is 48.3. The first-order valence-electron chi connectivity index (χ1n) is 16.2. The number of halogens is 1. The van der Waals surface area contributed by atoms with Crippen LogP contribution in [0, 0.1) is 13.8 Å². The van der Waals surface area contributed by atoms with Gasteiger partial charge in [-0.2, -0.15) is 14.9 Å². The predicted octanol–water partition coefficient (Wildman–Crippen LogP) is -3.06. The van der Waals surface area contributed by atoms with Gasteiger partial charge < -0.3 is 40.7 Å². The SMILES string of the molecule is COc1cnc(-n2cc[n+](C)n2)c2[nH]ccc12.COc1cnc(-n2ncnc2C)c2[nH]ccc12.COc1cnc(Cl)c2[nH]ccc12.Cc1ncn[nH]1.O=CO[O-].[H-].[K+].[K+]. The van der Waals surface area contributed by atoms with Crippen LogP contribution in [0.15, 0.2) is 80.4 Å². The van der Waals surface area contributed by atoms with E-state index < -0.39 is 0 Å². The second kappa shape index (κ2) is 24.1. The fraction of sp³-hybridized carbons (Fsp3) is 0.176. The number of rotatable bonds is 6. The van der Waals surface area contributed by atoms with Gasteiger partial charge >= 0.3 is 103 Å². The van der Waals surface area contributed by atoms with Crippen LogP contribution in [0.25, 0.3) is 44.3 Å². The number of aryl methyl sites for hydroxylation is 3. The minimum absolute atomic E-state index is 0. The van der Waals surface area contributed by atoms with Gasteiger partial charge in [0.1, 0.15) is 54.1 Å². The van der Waals surface area contributed by atoms with Crippen molar-refractivity contribution < 1.29 is 138 Å². The third-order valence-corrected chi connectivity index (χ3v) is 7.91. The number of carbonyl (C=O) groups excluding carboxylic acids is 1. The molecule has 0 aliphatic rings. The van der Waals surface area contributed by atoms with Crippen LogP contribution in [-0.4, -0.2) is 97.5 Å². The Hall–Kier alpha value is -4.12. The summed E-state index contributed by atoms with van der Waals surface area (Å²) in [6, 6.07) is 5.82. The molecule has 0 spiro atoms. The van der Waals surface area contributed by atoms with Gasteiger partial charge in [-0.05, 0) is 32.0 Å². The molecular weight excluding hydrogens is 828 g/mol. The molecule has 4 N–H and O–H groups in total. The molecule has 9 rings (SSSR count). The molecule has 9 heterocycles. The Morgan fingerprint density at radius 2 is 1.29 bits per heavy atom. The maximum absolute atomic E-state index is 8.64. The minimum Gasteiger partial charge on any atom is -1.00 e. The molecule has 0 aliphatic heterocycles. The van der Waals surface area contributed by atoms with Crippen LogP contribution in [0.3, 0.4) is 0 Å². The zero-order chi connectivity index (χ0) is 40.0. The number of aromatic amines is 4. The quantitative estimate of drug-likeness (QED) is 0.0324. The van der Waals surface area contributed by atoms with Crippen molar-refractivity contribution >= 4 is 50.8 Å². The van der Waals surface area contributed by atoms with Crippen molar-refractivity contribution in [3.8, 4) is 28.9 Å². The van der Waals surface area contributed by atoms with Crippen LogP contribution in [0.4, 0.5) is 0 Å². The number of hydrogen-bond donors (Lipinski definition) is 4. The average molecular weight is 865 g/mol. The van der Waals surface area contributed by atoms with E-state index in [0.717, 1.165) is 73.2 Å². The molecule has 292 valence electrons. The van der Waals surface area contributed by atoms with E-state index >= 15 is 0 Å². The predicted molar refractivity (Wildman–Crippen MR) is 200 cm³/mol. The van der Waals surface area contributed by atoms with Gasteiger partial charge in [0.25, 0.3) is 12.3 Å². The Morgan fingerprint density at radius 1 is 0.776 bits per heavy atom. The molecule has 9 aromatic rings. The monoisotopic (exact) mass is 864 g/mol. The molecule has 0 saturated heterocycles. The molecule has 0 aromatic carbocycles. The number of carbonyl (C=O) groups is 1. The Balaban J connectivity index is 0.000000270. The van der Waals surface area contributed by atoms with Gasteiger partial charge in [0.05, 0.1) is 56.2 Å². The number of ether oxygens (including phenoxy) is 3. The second-order valence-corrected chi connectivity index (χ2v) is 11.4. The molecule has 21 nitrogen and oxygen atoms in total. The molecule has 0 saturated carbocycles. The molecule has 0 bridgehead atoms. The van der Waals surface area contributed by atoms with Crippen LogP contribution in [0.5, 0.6) is 17.2 Å². The number of H-pyrrole nitrogens is 4. The summed E-state index contributed by atoms with van der Waals surface area (Å²) in [6.07, 6.45) is 17.2. The van der Waals surface area contributed by atoms with Crippen molar-refractivity contribution in [3.63, 3.8) is 0 Å². The summed E-state index contributed by atoms with van der Waals surface area (Å²) < 4.78 is 20.8. The van der Waals surface area contributed by atoms with Gasteiger partial charge in [0.2, 0.25) is 0 Å². The summed E-state index contributed by atoms with van der Waals surface area (Å²) in [7, 11) is 6.74. The fourth-order valence-corrected chi connectivity index (χ4v) is 5.31. The number of pyridine rings is 3. The van der Waals surface area contributed by atoms with Gasteiger partial charge in [-0.3, -0.25) is 9.89 Å². The zero-order valence-corrected chi connectivity index (χ0v) is 39.8. The van der Waals surface area contributed by atoms with Gasteiger partial charge in [0, 0.05) is 34.7 Å². The number of hydrogen-bond acceptors (Lipinski definition) is 14. The van der Waals surface area contributed by atoms with Gasteiger partial charge in [0.15, 0.2) is 23.4 Å². The van der Waals surface area contributed by atoms with Crippen molar-refractivity contribution in [2.24, 2.45) is 7.05 Å². The molecule has 0 aliphatic carbocycles. The largest absolute Gasteiger partial charge is 1.00 e. The summed E-state index contributed by atoms with van der Waals surface area (Å²) in [6.45, 7) is 3.56. The van der Waals surface area contributed by atoms with Crippen molar-refractivity contribution in [1.82, 2.24) is 69.7 Å². The van der Waals surface area contributed by atoms with E-state index in [9.17, 15) is 0 Å². The van der Waals surface area contributed by atoms with E-state index in [1.54, 1.807) is 60.2 Å². The zero-order valence-electron chi connectivity index (χ0n) is 33.8. The molecule has 0 radical (unpaired) electrons. The number of aromatic nitrogens is 15. The van der Waals surface area contributed by atoms with E-state index in [2.05, 4.69) is 65.3 Å². The second-order valence-electron chi connectivity index (χ2n) is 11.0. The average Bonchev–Trinajstić information content (AvgIpc) is 4.07. The maximum Gasteiger partial charge on any atom is 1.00 e. The van der Waals surface area contributed by atoms with Crippen molar-refractivity contribution in [2.45, 2.75) is 13.8 Å². The fourth-order valence-electron chi connectivity index (χ4n) is 5.10. The van der Waals surface area contributed by atoms with E-state index in [0.29, 0.717) is 5.15 Å². The molecule has 9 aromatic heterocycles. The smallest absolute Gasteiger partial charge is 1.00 e. The Bertz CT molecular complexity index is 2610. The number of nitrogens with zero attached hydrogens (tertiary/aromatic N) is 11.